The topological polar surface area (TPSA) is 35.2 Å². The van der Waals surface area contributed by atoms with E-state index in [0.29, 0.717) is 5.92 Å². The molecular weight excluding hydrogens is 198 g/mol. The average molecular weight is 219 g/mol. The number of aryl methyl sites for hydroxylation is 1. The molecule has 0 spiro atoms. The molecule has 2 heteroatoms. The first-order valence-electron chi connectivity index (χ1n) is 6.19. The van der Waals surface area contributed by atoms with E-state index in [1.807, 2.05) is 12.1 Å². The third-order valence-corrected chi connectivity index (χ3v) is 3.60. The molecule has 2 rings (SSSR count). The standard InChI is InChI=1S/C14H21NO/c1-11-5-7-14(8-6-11)16-10-13(9-15)12-3-2-4-12/h5-8,12-13H,2-4,9-10,15H2,1H3. The van der Waals surface area contributed by atoms with Crippen molar-refractivity contribution in [2.75, 3.05) is 13.2 Å². The highest BCUT2D eigenvalue weighted by Gasteiger charge is 2.26. The highest BCUT2D eigenvalue weighted by Crippen LogP contribution is 2.33. The minimum absolute atomic E-state index is 0.537. The molecule has 88 valence electrons. The Hall–Kier alpha value is -1.02. The van der Waals surface area contributed by atoms with Gasteiger partial charge in [0.05, 0.1) is 6.61 Å². The van der Waals surface area contributed by atoms with Crippen LogP contribution in [-0.4, -0.2) is 13.2 Å². The van der Waals surface area contributed by atoms with Crippen LogP contribution in [0, 0.1) is 18.8 Å². The molecule has 1 aromatic carbocycles. The summed E-state index contributed by atoms with van der Waals surface area (Å²) < 4.78 is 5.79. The number of benzene rings is 1. The lowest BCUT2D eigenvalue weighted by molar-refractivity contribution is 0.142. The molecule has 0 bridgehead atoms. The molecule has 1 aliphatic carbocycles. The summed E-state index contributed by atoms with van der Waals surface area (Å²) in [6.45, 7) is 3.60. The minimum atomic E-state index is 0.537. The molecule has 0 aromatic heterocycles. The molecule has 2 N–H and O–H groups in total. The molecule has 0 aliphatic heterocycles. The van der Waals surface area contributed by atoms with Crippen LogP contribution in [0.3, 0.4) is 0 Å². The summed E-state index contributed by atoms with van der Waals surface area (Å²) in [4.78, 5) is 0. The van der Waals surface area contributed by atoms with Crippen molar-refractivity contribution in [2.45, 2.75) is 26.2 Å². The van der Waals surface area contributed by atoms with Gasteiger partial charge in [-0.3, -0.25) is 0 Å². The van der Waals surface area contributed by atoms with E-state index in [1.165, 1.54) is 24.8 Å². The molecule has 1 saturated carbocycles. The average Bonchev–Trinajstić information content (AvgIpc) is 2.23. The number of hydrogen-bond donors (Lipinski definition) is 1. The highest BCUT2D eigenvalue weighted by atomic mass is 16.5. The first-order chi connectivity index (χ1) is 7.79. The molecule has 16 heavy (non-hydrogen) atoms. The predicted molar refractivity (Wildman–Crippen MR) is 66.6 cm³/mol. The molecular formula is C14H21NO. The molecule has 0 radical (unpaired) electrons. The second-order valence-electron chi connectivity index (χ2n) is 4.81. The van der Waals surface area contributed by atoms with Crippen LogP contribution in [0.1, 0.15) is 24.8 Å². The smallest absolute Gasteiger partial charge is 0.119 e. The molecule has 1 aromatic rings. The Balaban J connectivity index is 1.83. The lowest BCUT2D eigenvalue weighted by Gasteiger charge is -2.32. The Labute approximate surface area is 97.8 Å². The third kappa shape index (κ3) is 2.76. The van der Waals surface area contributed by atoms with Crippen molar-refractivity contribution in [3.05, 3.63) is 29.8 Å². The van der Waals surface area contributed by atoms with E-state index in [2.05, 4.69) is 19.1 Å². The van der Waals surface area contributed by atoms with E-state index < -0.39 is 0 Å². The van der Waals surface area contributed by atoms with Crippen LogP contribution < -0.4 is 10.5 Å². The monoisotopic (exact) mass is 219 g/mol. The van der Waals surface area contributed by atoms with E-state index in [0.717, 1.165) is 24.8 Å². The maximum atomic E-state index is 5.79. The van der Waals surface area contributed by atoms with Gasteiger partial charge < -0.3 is 10.5 Å². The van der Waals surface area contributed by atoms with Crippen LogP contribution in [0.4, 0.5) is 0 Å². The van der Waals surface area contributed by atoms with E-state index >= 15 is 0 Å². The van der Waals surface area contributed by atoms with Gasteiger partial charge in [0.2, 0.25) is 0 Å². The maximum absolute atomic E-state index is 5.79. The normalized spacial score (nSPS) is 17.9. The molecule has 2 nitrogen and oxygen atoms in total. The molecule has 0 heterocycles. The van der Waals surface area contributed by atoms with Crippen LogP contribution in [0.2, 0.25) is 0 Å². The van der Waals surface area contributed by atoms with E-state index in [-0.39, 0.29) is 0 Å². The number of nitrogens with two attached hydrogens (primary N) is 1. The summed E-state index contributed by atoms with van der Waals surface area (Å²) in [5, 5.41) is 0. The van der Waals surface area contributed by atoms with Gasteiger partial charge in [-0.15, -0.1) is 0 Å². The number of rotatable bonds is 5. The van der Waals surface area contributed by atoms with Crippen molar-refractivity contribution in [3.63, 3.8) is 0 Å². The molecule has 0 saturated heterocycles. The number of hydrogen-bond acceptors (Lipinski definition) is 2. The lowest BCUT2D eigenvalue weighted by Crippen LogP contribution is -2.32. The van der Waals surface area contributed by atoms with Crippen LogP contribution in [-0.2, 0) is 0 Å². The maximum Gasteiger partial charge on any atom is 0.119 e. The van der Waals surface area contributed by atoms with Gasteiger partial charge in [0.15, 0.2) is 0 Å². The van der Waals surface area contributed by atoms with E-state index in [1.54, 1.807) is 0 Å². The fraction of sp³-hybridized carbons (Fsp3) is 0.571. The van der Waals surface area contributed by atoms with E-state index in [4.69, 9.17) is 10.5 Å². The predicted octanol–water partition coefficient (Wildman–Crippen LogP) is 2.75. The zero-order valence-electron chi connectivity index (χ0n) is 9.99. The summed E-state index contributed by atoms with van der Waals surface area (Å²) in [5.74, 6) is 2.30. The fourth-order valence-electron chi connectivity index (χ4n) is 2.15. The first-order valence-corrected chi connectivity index (χ1v) is 6.19. The molecule has 1 aliphatic rings. The van der Waals surface area contributed by atoms with Gasteiger partial charge >= 0.3 is 0 Å². The van der Waals surface area contributed by atoms with Crippen LogP contribution in [0.15, 0.2) is 24.3 Å². The second kappa shape index (κ2) is 5.35. The van der Waals surface area contributed by atoms with Gasteiger partial charge in [0.1, 0.15) is 5.75 Å². The fourth-order valence-corrected chi connectivity index (χ4v) is 2.15. The minimum Gasteiger partial charge on any atom is -0.493 e. The van der Waals surface area contributed by atoms with Gasteiger partial charge in [-0.25, -0.2) is 0 Å². The molecule has 0 amide bonds. The third-order valence-electron chi connectivity index (χ3n) is 3.60. The first kappa shape index (κ1) is 11.5. The molecule has 1 unspecified atom stereocenters. The van der Waals surface area contributed by atoms with Crippen molar-refractivity contribution in [2.24, 2.45) is 17.6 Å². The summed E-state index contributed by atoms with van der Waals surface area (Å²) in [6.07, 6.45) is 4.03. The second-order valence-corrected chi connectivity index (χ2v) is 4.81. The molecule has 1 fully saturated rings. The van der Waals surface area contributed by atoms with Crippen LogP contribution in [0.25, 0.3) is 0 Å². The van der Waals surface area contributed by atoms with Gasteiger partial charge in [0.25, 0.3) is 0 Å². The van der Waals surface area contributed by atoms with Gasteiger partial charge in [-0.05, 0) is 44.4 Å². The summed E-state index contributed by atoms with van der Waals surface area (Å²) in [5.41, 5.74) is 7.06. The highest BCUT2D eigenvalue weighted by molar-refractivity contribution is 5.26. The number of ether oxygens (including phenoxy) is 1. The molecule has 1 atom stereocenters. The van der Waals surface area contributed by atoms with Crippen molar-refractivity contribution in [3.8, 4) is 5.75 Å². The van der Waals surface area contributed by atoms with Gasteiger partial charge in [0, 0.05) is 5.92 Å². The van der Waals surface area contributed by atoms with Crippen molar-refractivity contribution in [1.29, 1.82) is 0 Å². The van der Waals surface area contributed by atoms with Crippen LogP contribution >= 0.6 is 0 Å². The van der Waals surface area contributed by atoms with E-state index in [9.17, 15) is 0 Å². The summed E-state index contributed by atoms with van der Waals surface area (Å²) in [6, 6.07) is 8.22. The summed E-state index contributed by atoms with van der Waals surface area (Å²) in [7, 11) is 0. The Bertz CT molecular complexity index is 316. The van der Waals surface area contributed by atoms with Crippen LogP contribution in [0.5, 0.6) is 5.75 Å². The largest absolute Gasteiger partial charge is 0.493 e. The van der Waals surface area contributed by atoms with Crippen molar-refractivity contribution >= 4 is 0 Å². The van der Waals surface area contributed by atoms with Gasteiger partial charge in [-0.1, -0.05) is 24.1 Å². The van der Waals surface area contributed by atoms with Crippen molar-refractivity contribution in [1.82, 2.24) is 0 Å². The van der Waals surface area contributed by atoms with Crippen molar-refractivity contribution < 1.29 is 4.74 Å². The Kier molecular flexibility index (Phi) is 3.83. The quantitative estimate of drug-likeness (QED) is 0.826. The lowest BCUT2D eigenvalue weighted by atomic mass is 9.76. The Morgan fingerprint density at radius 1 is 1.31 bits per heavy atom. The zero-order chi connectivity index (χ0) is 11.4. The van der Waals surface area contributed by atoms with Gasteiger partial charge in [-0.2, -0.15) is 0 Å². The Morgan fingerprint density at radius 3 is 2.50 bits per heavy atom. The Morgan fingerprint density at radius 2 is 2.00 bits per heavy atom. The SMILES string of the molecule is Cc1ccc(OCC(CN)C2CCC2)cc1. The zero-order valence-corrected chi connectivity index (χ0v) is 9.99. The summed E-state index contributed by atoms with van der Waals surface area (Å²) >= 11 is 0.